The summed E-state index contributed by atoms with van der Waals surface area (Å²) in [6.07, 6.45) is 1.99. The zero-order valence-corrected chi connectivity index (χ0v) is 13.6. The average molecular weight is 357 g/mol. The molecule has 1 radical (unpaired) electrons. The Labute approximate surface area is 154 Å². The first-order valence-corrected chi connectivity index (χ1v) is 7.71. The van der Waals surface area contributed by atoms with Crippen LogP contribution in [0, 0.1) is 24.8 Å². The number of aromatic nitrogens is 2. The highest BCUT2D eigenvalue weighted by Crippen LogP contribution is 2.43. The van der Waals surface area contributed by atoms with Crippen molar-refractivity contribution in [2.75, 3.05) is 9.62 Å². The molecule has 0 N–H and O–H groups in total. The molecule has 0 amide bonds. The summed E-state index contributed by atoms with van der Waals surface area (Å²) in [6, 6.07) is 10.0. The number of fused-ring (bicyclic) bond motifs is 1. The predicted molar refractivity (Wildman–Crippen MR) is 97.4 cm³/mol. The topological polar surface area (TPSA) is 41.0 Å². The van der Waals surface area contributed by atoms with Crippen LogP contribution in [0.15, 0.2) is 48.8 Å². The molecule has 3 aromatic rings. The van der Waals surface area contributed by atoms with Gasteiger partial charge in [-0.05, 0) is 24.3 Å². The van der Waals surface area contributed by atoms with E-state index in [0.717, 1.165) is 23.8 Å². The Morgan fingerprint density at radius 2 is 1.26 bits per heavy atom. The Kier molecular flexibility index (Phi) is 3.90. The van der Waals surface area contributed by atoms with Crippen molar-refractivity contribution in [3.8, 4) is 0 Å². The van der Waals surface area contributed by atoms with Gasteiger partial charge in [0.15, 0.2) is 0 Å². The van der Waals surface area contributed by atoms with Crippen LogP contribution in [-0.2, 0) is 0 Å². The molecule has 1 aromatic carbocycles. The maximum absolute atomic E-state index is 13.6. The van der Waals surface area contributed by atoms with Crippen LogP contribution in [0.25, 0.3) is 9.69 Å². The van der Waals surface area contributed by atoms with Crippen LogP contribution in [0.2, 0.25) is 0 Å². The third-order valence-electron chi connectivity index (χ3n) is 4.01. The van der Waals surface area contributed by atoms with Crippen molar-refractivity contribution in [1.29, 1.82) is 0 Å². The minimum atomic E-state index is -0.694. The van der Waals surface area contributed by atoms with E-state index in [0.29, 0.717) is 11.6 Å². The molecule has 9 heteroatoms. The number of rotatable bonds is 2. The van der Waals surface area contributed by atoms with Gasteiger partial charge in [0.1, 0.15) is 23.3 Å². The Balaban J connectivity index is 1.80. The summed E-state index contributed by atoms with van der Waals surface area (Å²) in [5, 5.41) is 0. The second-order valence-corrected chi connectivity index (χ2v) is 5.56. The molecule has 0 spiro atoms. The molecule has 0 saturated carbocycles. The number of hydrogen-bond acceptors (Lipinski definition) is 4. The molecule has 3 heterocycles. The lowest BCUT2D eigenvalue weighted by Gasteiger charge is -2.19. The van der Waals surface area contributed by atoms with E-state index >= 15 is 0 Å². The lowest BCUT2D eigenvalue weighted by atomic mass is 10.1. The molecule has 0 unspecified atom stereocenters. The summed E-state index contributed by atoms with van der Waals surface area (Å²) in [7, 11) is 1.65. The minimum Gasteiger partial charge on any atom is -0.352 e. The fourth-order valence-corrected chi connectivity index (χ4v) is 2.75. The van der Waals surface area contributed by atoms with E-state index in [9.17, 15) is 8.78 Å². The zero-order valence-electron chi connectivity index (χ0n) is 13.6. The molecular weight excluding hydrogens is 349 g/mol. The summed E-state index contributed by atoms with van der Waals surface area (Å²) in [5.41, 5.74) is 1.17. The van der Waals surface area contributed by atoms with E-state index in [2.05, 4.69) is 19.7 Å². The molecule has 0 bridgehead atoms. The third kappa shape index (κ3) is 2.72. The van der Waals surface area contributed by atoms with Gasteiger partial charge in [0, 0.05) is 0 Å². The molecule has 27 heavy (non-hydrogen) atoms. The van der Waals surface area contributed by atoms with Gasteiger partial charge in [0.25, 0.3) is 0 Å². The van der Waals surface area contributed by atoms with Crippen LogP contribution >= 0.6 is 0 Å². The van der Waals surface area contributed by atoms with Crippen molar-refractivity contribution in [2.24, 2.45) is 0 Å². The number of anilines is 4. The summed E-state index contributed by atoms with van der Waals surface area (Å²) in [5.74, 6) is -0.685. The third-order valence-corrected chi connectivity index (χ3v) is 4.01. The van der Waals surface area contributed by atoms with E-state index in [4.69, 9.17) is 13.1 Å². The van der Waals surface area contributed by atoms with Gasteiger partial charge in [-0.3, -0.25) is 0 Å². The molecule has 0 aliphatic carbocycles. The van der Waals surface area contributed by atoms with Crippen molar-refractivity contribution in [1.82, 2.24) is 9.97 Å². The molecule has 0 fully saturated rings. The molecule has 127 valence electrons. The van der Waals surface area contributed by atoms with Gasteiger partial charge in [0.2, 0.25) is 11.4 Å². The lowest BCUT2D eigenvalue weighted by molar-refractivity contribution is 0.627. The van der Waals surface area contributed by atoms with Crippen molar-refractivity contribution in [3.63, 3.8) is 0 Å². The second kappa shape index (κ2) is 6.39. The van der Waals surface area contributed by atoms with E-state index < -0.39 is 11.6 Å². The summed E-state index contributed by atoms with van der Waals surface area (Å²) in [6.45, 7) is 14.2. The molecule has 1 aliphatic rings. The smallest absolute Gasteiger partial charge is 0.352 e. The number of halogens is 2. The van der Waals surface area contributed by atoms with Crippen molar-refractivity contribution >= 4 is 41.9 Å². The molecule has 1 aliphatic heterocycles. The average Bonchev–Trinajstić information content (AvgIpc) is 3.08. The minimum absolute atomic E-state index is 0.139. The molecule has 6 nitrogen and oxygen atoms in total. The maximum Gasteiger partial charge on any atom is 0.403 e. The van der Waals surface area contributed by atoms with Crippen molar-refractivity contribution < 1.29 is 8.78 Å². The highest BCUT2D eigenvalue weighted by atomic mass is 19.1. The first-order valence-electron chi connectivity index (χ1n) is 7.71. The fourth-order valence-electron chi connectivity index (χ4n) is 2.75. The zero-order chi connectivity index (χ0) is 19.0. The summed E-state index contributed by atoms with van der Waals surface area (Å²) in [4.78, 5) is 17.8. The number of pyridine rings is 2. The first-order chi connectivity index (χ1) is 13.1. The normalized spacial score (nSPS) is 12.1. The van der Waals surface area contributed by atoms with E-state index in [1.165, 1.54) is 12.1 Å². The van der Waals surface area contributed by atoms with E-state index in [1.54, 1.807) is 17.2 Å². The molecule has 0 saturated heterocycles. The Morgan fingerprint density at radius 1 is 0.815 bits per heavy atom. The molecule has 0 atom stereocenters. The highest BCUT2D eigenvalue weighted by molar-refractivity contribution is 6.55. The fraction of sp³-hybridized carbons (Fsp3) is 0. The van der Waals surface area contributed by atoms with Crippen LogP contribution < -0.4 is 9.62 Å². The van der Waals surface area contributed by atoms with Crippen molar-refractivity contribution in [2.45, 2.75) is 0 Å². The summed E-state index contributed by atoms with van der Waals surface area (Å²) >= 11 is 0. The number of para-hydroxylation sites is 2. The highest BCUT2D eigenvalue weighted by Gasteiger charge is 2.32. The Hall–Kier alpha value is -3.98. The number of benzene rings is 1. The van der Waals surface area contributed by atoms with Crippen LogP contribution in [-0.4, -0.2) is 17.5 Å². The number of nitrogens with zero attached hydrogens (tertiary/aromatic N) is 6. The molecule has 2 aromatic heterocycles. The standard InChI is InChI=1S/C18H8BF2N6/c1-22-13-7-17(24-9-11(13)20)26-15-5-3-4-6-16(15)27(19-26)18-8-14(23-2)12(21)10-25-18/h3-10H. The number of hydrogen-bond donors (Lipinski definition) is 0. The van der Waals surface area contributed by atoms with Crippen LogP contribution in [0.1, 0.15) is 0 Å². The lowest BCUT2D eigenvalue weighted by Crippen LogP contribution is -2.29. The SMILES string of the molecule is [C-]#[N+]c1cc(N2[B]N(c3cc([N+]#[C-])c(F)cn3)c3ccccc32)ncc1F. The van der Waals surface area contributed by atoms with Crippen LogP contribution in [0.3, 0.4) is 0 Å². The van der Waals surface area contributed by atoms with Gasteiger partial charge in [-0.25, -0.2) is 28.4 Å². The Morgan fingerprint density at radius 3 is 1.67 bits per heavy atom. The van der Waals surface area contributed by atoms with Crippen molar-refractivity contribution in [3.05, 3.63) is 83.3 Å². The first kappa shape index (κ1) is 16.5. The van der Waals surface area contributed by atoms with Gasteiger partial charge < -0.3 is 9.62 Å². The van der Waals surface area contributed by atoms with Gasteiger partial charge >= 0.3 is 7.55 Å². The Bertz CT molecular complexity index is 1050. The van der Waals surface area contributed by atoms with Gasteiger partial charge in [-0.15, -0.1) is 0 Å². The molecule has 4 rings (SSSR count). The van der Waals surface area contributed by atoms with Crippen LogP contribution in [0.4, 0.5) is 43.2 Å². The van der Waals surface area contributed by atoms with E-state index in [1.807, 2.05) is 24.3 Å². The largest absolute Gasteiger partial charge is 0.403 e. The maximum atomic E-state index is 13.6. The van der Waals surface area contributed by atoms with Gasteiger partial charge in [0.05, 0.1) is 36.9 Å². The van der Waals surface area contributed by atoms with Crippen LogP contribution in [0.5, 0.6) is 0 Å². The van der Waals surface area contributed by atoms with Gasteiger partial charge in [-0.1, -0.05) is 12.1 Å². The monoisotopic (exact) mass is 357 g/mol. The van der Waals surface area contributed by atoms with Gasteiger partial charge in [-0.2, -0.15) is 0 Å². The van der Waals surface area contributed by atoms with E-state index in [-0.39, 0.29) is 11.4 Å². The second-order valence-electron chi connectivity index (χ2n) is 5.56. The quantitative estimate of drug-likeness (QED) is 0.493. The summed E-state index contributed by atoms with van der Waals surface area (Å²) < 4.78 is 27.3. The molecular formula is C18H8BF2N6. The predicted octanol–water partition coefficient (Wildman–Crippen LogP) is 4.68.